The second-order valence-corrected chi connectivity index (χ2v) is 10.6. The van der Waals surface area contributed by atoms with Crippen molar-refractivity contribution in [2.75, 3.05) is 13.2 Å². The van der Waals surface area contributed by atoms with Crippen molar-refractivity contribution in [2.45, 2.75) is 83.6 Å². The summed E-state index contributed by atoms with van der Waals surface area (Å²) in [5.74, 6) is -0.878. The Morgan fingerprint density at radius 1 is 1.14 bits per heavy atom. The summed E-state index contributed by atoms with van der Waals surface area (Å²) >= 11 is 0. The summed E-state index contributed by atoms with van der Waals surface area (Å²) in [7, 11) is 0. The Balaban J connectivity index is 1.98. The van der Waals surface area contributed by atoms with Crippen LogP contribution >= 0.6 is 0 Å². The van der Waals surface area contributed by atoms with Crippen LogP contribution in [0.1, 0.15) is 83.1 Å². The lowest BCUT2D eigenvalue weighted by Crippen LogP contribution is -2.53. The van der Waals surface area contributed by atoms with Gasteiger partial charge in [0.2, 0.25) is 5.91 Å². The van der Waals surface area contributed by atoms with Crippen LogP contribution in [0.2, 0.25) is 0 Å². The number of nitrogens with one attached hydrogen (secondary N) is 1. The van der Waals surface area contributed by atoms with E-state index in [2.05, 4.69) is 5.32 Å². The summed E-state index contributed by atoms with van der Waals surface area (Å²) in [6.07, 6.45) is 10.4. The molecule has 1 aromatic carbocycles. The molecule has 0 spiro atoms. The Hall–Kier alpha value is -2.77. The van der Waals surface area contributed by atoms with Crippen molar-refractivity contribution in [3.8, 4) is 0 Å². The molecule has 37 heavy (non-hydrogen) atoms. The number of carbonyl (C=O) groups excluding carboxylic acids is 2. The van der Waals surface area contributed by atoms with E-state index in [0.29, 0.717) is 24.0 Å². The predicted molar refractivity (Wildman–Crippen MR) is 145 cm³/mol. The minimum atomic E-state index is -1.13. The first-order chi connectivity index (χ1) is 17.9. The number of nitrogens with two attached hydrogens (primary N) is 1. The fourth-order valence-electron chi connectivity index (χ4n) is 6.49. The highest BCUT2D eigenvalue weighted by Crippen LogP contribution is 2.50. The van der Waals surface area contributed by atoms with Crippen molar-refractivity contribution in [2.24, 2.45) is 17.1 Å². The number of aldehydes is 1. The van der Waals surface area contributed by atoms with E-state index in [9.17, 15) is 24.6 Å². The summed E-state index contributed by atoms with van der Waals surface area (Å²) in [4.78, 5) is 36.3. The van der Waals surface area contributed by atoms with Crippen molar-refractivity contribution in [1.82, 2.24) is 5.32 Å². The van der Waals surface area contributed by atoms with Crippen molar-refractivity contribution in [3.05, 3.63) is 52.6 Å². The molecule has 0 aromatic heterocycles. The number of benzene rings is 1. The fourth-order valence-corrected chi connectivity index (χ4v) is 6.49. The summed E-state index contributed by atoms with van der Waals surface area (Å²) in [6, 6.07) is 8.98. The predicted octanol–water partition coefficient (Wildman–Crippen LogP) is 4.40. The van der Waals surface area contributed by atoms with Crippen LogP contribution in [-0.4, -0.2) is 47.6 Å². The lowest BCUT2D eigenvalue weighted by molar-refractivity contribution is -0.137. The first-order valence-corrected chi connectivity index (χ1v) is 13.6. The minimum absolute atomic E-state index is 0.0813. The van der Waals surface area contributed by atoms with Gasteiger partial charge in [0.05, 0.1) is 6.61 Å². The zero-order valence-corrected chi connectivity index (χ0v) is 22.0. The van der Waals surface area contributed by atoms with Gasteiger partial charge in [-0.1, -0.05) is 75.3 Å². The number of aliphatic hydroxyl groups excluding tert-OH is 1. The maximum absolute atomic E-state index is 12.9. The van der Waals surface area contributed by atoms with Gasteiger partial charge in [-0.15, -0.1) is 0 Å². The number of carbonyl (C=O) groups is 3. The molecule has 0 radical (unpaired) electrons. The smallest absolute Gasteiger partial charge is 0.303 e. The Kier molecular flexibility index (Phi) is 10.6. The van der Waals surface area contributed by atoms with Crippen molar-refractivity contribution < 1.29 is 24.6 Å². The third kappa shape index (κ3) is 6.76. The van der Waals surface area contributed by atoms with Gasteiger partial charge in [-0.3, -0.25) is 9.59 Å². The summed E-state index contributed by atoms with van der Waals surface area (Å²) in [5.41, 5.74) is 7.68. The number of amides is 1. The normalized spacial score (nSPS) is 22.8. The topological polar surface area (TPSA) is 130 Å². The van der Waals surface area contributed by atoms with Gasteiger partial charge in [0.1, 0.15) is 6.29 Å². The van der Waals surface area contributed by atoms with Crippen LogP contribution in [0, 0.1) is 11.3 Å². The third-order valence-corrected chi connectivity index (χ3v) is 8.31. The van der Waals surface area contributed by atoms with Crippen LogP contribution in [-0.2, 0) is 14.4 Å². The van der Waals surface area contributed by atoms with Crippen LogP contribution in [0.25, 0.3) is 5.57 Å². The highest BCUT2D eigenvalue weighted by molar-refractivity contribution is 6.11. The van der Waals surface area contributed by atoms with E-state index >= 15 is 0 Å². The lowest BCUT2D eigenvalue weighted by Gasteiger charge is -2.47. The molecular formula is C30H42N2O5. The van der Waals surface area contributed by atoms with Crippen LogP contribution in [0.4, 0.5) is 0 Å². The molecular weight excluding hydrogens is 468 g/mol. The first kappa shape index (κ1) is 28.8. The molecule has 2 aliphatic rings. The molecule has 5 N–H and O–H groups in total. The van der Waals surface area contributed by atoms with Gasteiger partial charge in [-0.05, 0) is 54.5 Å². The van der Waals surface area contributed by atoms with Gasteiger partial charge in [-0.25, -0.2) is 0 Å². The lowest BCUT2D eigenvalue weighted by atomic mass is 9.61. The third-order valence-electron chi connectivity index (χ3n) is 8.31. The quantitative estimate of drug-likeness (QED) is 0.217. The Bertz CT molecular complexity index is 1010. The average molecular weight is 511 g/mol. The number of aliphatic carboxylic acids is 1. The molecule has 3 rings (SSSR count). The molecule has 0 aliphatic heterocycles. The monoisotopic (exact) mass is 510 g/mol. The van der Waals surface area contributed by atoms with E-state index in [0.717, 1.165) is 29.9 Å². The first-order valence-electron chi connectivity index (χ1n) is 13.6. The highest BCUT2D eigenvalue weighted by atomic mass is 16.4. The molecule has 1 fully saturated rings. The maximum atomic E-state index is 12.9. The van der Waals surface area contributed by atoms with Gasteiger partial charge >= 0.3 is 5.97 Å². The zero-order valence-electron chi connectivity index (χ0n) is 22.0. The zero-order chi connectivity index (χ0) is 26.8. The van der Waals surface area contributed by atoms with Crippen molar-refractivity contribution >= 4 is 23.7 Å². The number of carboxylic acid groups (broad SMARTS) is 1. The molecule has 2 aliphatic carbocycles. The van der Waals surface area contributed by atoms with Crippen LogP contribution in [0.3, 0.4) is 0 Å². The molecule has 0 saturated heterocycles. The molecule has 202 valence electrons. The molecule has 0 heterocycles. The molecule has 1 amide bonds. The number of primary amides is 1. The Morgan fingerprint density at radius 3 is 2.43 bits per heavy atom. The van der Waals surface area contributed by atoms with Gasteiger partial charge < -0.3 is 26.1 Å². The van der Waals surface area contributed by atoms with Gasteiger partial charge in [-0.2, -0.15) is 0 Å². The standard InChI is InChI=1S/C30H42N2O5/c1-21-26(23-13-6-3-7-14-23)27(29(31)37)24(16-19-33)30(20-34,17-15-25(35)36)28(21)32-18-9-8-12-22-10-4-2-5-11-22/h3,6-7,13-14,19,22,28,32,34H,2,4-5,8-12,15-18,20H2,1H3,(H2,31,37)(H,35,36). The molecule has 1 saturated carbocycles. The van der Waals surface area contributed by atoms with Gasteiger partial charge in [0.25, 0.3) is 0 Å². The fraction of sp³-hybridized carbons (Fsp3) is 0.567. The van der Waals surface area contributed by atoms with E-state index in [1.807, 2.05) is 37.3 Å². The SMILES string of the molecule is CC1=C(c2ccccc2)C(C(N)=O)=C(CC=O)C(CO)(CCC(=O)O)C1NCCCCC1CCCCC1. The summed E-state index contributed by atoms with van der Waals surface area (Å²) < 4.78 is 0. The van der Waals surface area contributed by atoms with E-state index < -0.39 is 29.9 Å². The molecule has 1 aromatic rings. The molecule has 0 bridgehead atoms. The maximum Gasteiger partial charge on any atom is 0.303 e. The summed E-state index contributed by atoms with van der Waals surface area (Å²) in [5, 5.41) is 23.9. The van der Waals surface area contributed by atoms with E-state index in [4.69, 9.17) is 5.73 Å². The minimum Gasteiger partial charge on any atom is -0.481 e. The Labute approximate surface area is 220 Å². The number of unbranched alkanes of at least 4 members (excludes halogenated alkanes) is 1. The summed E-state index contributed by atoms with van der Waals surface area (Å²) in [6.45, 7) is 2.19. The largest absolute Gasteiger partial charge is 0.481 e. The number of rotatable bonds is 14. The molecule has 7 heteroatoms. The van der Waals surface area contributed by atoms with E-state index in [1.54, 1.807) is 0 Å². The Morgan fingerprint density at radius 2 is 1.84 bits per heavy atom. The second kappa shape index (κ2) is 13.7. The highest BCUT2D eigenvalue weighted by Gasteiger charge is 2.48. The van der Waals surface area contributed by atoms with E-state index in [1.165, 1.54) is 38.5 Å². The van der Waals surface area contributed by atoms with Crippen LogP contribution in [0.5, 0.6) is 0 Å². The van der Waals surface area contributed by atoms with Crippen molar-refractivity contribution in [3.63, 3.8) is 0 Å². The number of hydrogen-bond donors (Lipinski definition) is 4. The number of aliphatic hydroxyl groups is 1. The van der Waals surface area contributed by atoms with Gasteiger partial charge in [0, 0.05) is 29.9 Å². The van der Waals surface area contributed by atoms with Gasteiger partial charge in [0.15, 0.2) is 0 Å². The average Bonchev–Trinajstić information content (AvgIpc) is 2.90. The number of carboxylic acids is 1. The van der Waals surface area contributed by atoms with Crippen LogP contribution < -0.4 is 11.1 Å². The molecule has 2 atom stereocenters. The number of hydrogen-bond acceptors (Lipinski definition) is 5. The molecule has 7 nitrogen and oxygen atoms in total. The van der Waals surface area contributed by atoms with Crippen LogP contribution in [0.15, 0.2) is 47.1 Å². The van der Waals surface area contributed by atoms with Crippen molar-refractivity contribution in [1.29, 1.82) is 0 Å². The molecule has 2 unspecified atom stereocenters. The second-order valence-electron chi connectivity index (χ2n) is 10.6. The van der Waals surface area contributed by atoms with E-state index in [-0.39, 0.29) is 24.8 Å².